The van der Waals surface area contributed by atoms with Crippen LogP contribution in [0.1, 0.15) is 88.8 Å². The van der Waals surface area contributed by atoms with E-state index in [1.807, 2.05) is 114 Å². The number of carbonyl (C=O) groups is 6. The molecule has 18 heteroatoms. The minimum atomic E-state index is -0.573. The lowest BCUT2D eigenvalue weighted by molar-refractivity contribution is 0.0512. The highest BCUT2D eigenvalue weighted by atomic mass is 16.6. The fourth-order valence-corrected chi connectivity index (χ4v) is 7.67. The van der Waals surface area contributed by atoms with E-state index in [4.69, 9.17) is 18.9 Å². The molecule has 6 rings (SSSR count). The molecule has 71 heavy (non-hydrogen) atoms. The fraction of sp³-hybridized carbons (Fsp3) is 0.434. The quantitative estimate of drug-likeness (QED) is 0.108. The van der Waals surface area contributed by atoms with E-state index in [-0.39, 0.29) is 12.1 Å². The van der Waals surface area contributed by atoms with E-state index in [0.29, 0.717) is 90.0 Å². The standard InChI is InChI=1S/C53H68N8O10/c1-51(2,3)70-47(64)56-35-39-13-9-37(10-14-39)33-54-45(62)58-25-29-60(30-26-58)49(66)68-43-21-17-41(18-22-43)53(7,8)42-19-23-44(24-20-42)69-50(67)61-31-27-59(28-32-61)46(63)55-34-38-11-15-40(16-12-38)36-57-48(65)71-52(4,5)6/h9-24H,25-36H2,1-8H3,(H,54,62)(H,55,63)(H,56,64)(H,57,65). The van der Waals surface area contributed by atoms with Gasteiger partial charge in [-0.1, -0.05) is 86.6 Å². The number of piperazine rings is 2. The average Bonchev–Trinajstić information content (AvgIpc) is 3.33. The molecule has 2 aliphatic heterocycles. The number of alkyl carbamates (subject to hydrolysis) is 2. The molecule has 0 aliphatic carbocycles. The zero-order valence-electron chi connectivity index (χ0n) is 42.1. The van der Waals surface area contributed by atoms with E-state index in [0.717, 1.165) is 33.4 Å². The third-order valence-corrected chi connectivity index (χ3v) is 11.8. The van der Waals surface area contributed by atoms with Gasteiger partial charge < -0.3 is 59.8 Å². The Hall–Kier alpha value is -7.50. The molecule has 4 N–H and O–H groups in total. The molecule has 4 aromatic carbocycles. The molecule has 380 valence electrons. The van der Waals surface area contributed by atoms with Gasteiger partial charge in [0.15, 0.2) is 0 Å². The molecule has 2 fully saturated rings. The number of rotatable bonds is 12. The summed E-state index contributed by atoms with van der Waals surface area (Å²) in [5.41, 5.74) is 4.01. The van der Waals surface area contributed by atoms with Crippen LogP contribution in [0.3, 0.4) is 0 Å². The van der Waals surface area contributed by atoms with Crippen molar-refractivity contribution < 1.29 is 47.7 Å². The van der Waals surface area contributed by atoms with Crippen molar-refractivity contribution in [3.8, 4) is 11.5 Å². The Morgan fingerprint density at radius 1 is 0.394 bits per heavy atom. The summed E-state index contributed by atoms with van der Waals surface area (Å²) >= 11 is 0. The van der Waals surface area contributed by atoms with Crippen LogP contribution < -0.4 is 30.7 Å². The fourth-order valence-electron chi connectivity index (χ4n) is 7.67. The zero-order valence-corrected chi connectivity index (χ0v) is 42.1. The third kappa shape index (κ3) is 16.3. The first kappa shape index (κ1) is 52.9. The summed E-state index contributed by atoms with van der Waals surface area (Å²) in [6.07, 6.45) is -1.94. The second kappa shape index (κ2) is 23.4. The normalized spacial score (nSPS) is 14.2. The Morgan fingerprint density at radius 2 is 0.662 bits per heavy atom. The van der Waals surface area contributed by atoms with E-state index >= 15 is 0 Å². The van der Waals surface area contributed by atoms with Crippen molar-refractivity contribution in [1.82, 2.24) is 40.9 Å². The van der Waals surface area contributed by atoms with Crippen LogP contribution in [0.5, 0.6) is 11.5 Å². The lowest BCUT2D eigenvalue weighted by Crippen LogP contribution is -2.53. The van der Waals surface area contributed by atoms with Crippen LogP contribution in [0.4, 0.5) is 28.8 Å². The summed E-state index contributed by atoms with van der Waals surface area (Å²) in [5, 5.41) is 11.3. The second-order valence-corrected chi connectivity index (χ2v) is 20.0. The Kier molecular flexibility index (Phi) is 17.4. The van der Waals surface area contributed by atoms with Crippen LogP contribution in [0.15, 0.2) is 97.1 Å². The predicted octanol–water partition coefficient (Wildman–Crippen LogP) is 8.11. The molecular formula is C53H68N8O10. The maximum Gasteiger partial charge on any atom is 0.415 e. The third-order valence-electron chi connectivity index (χ3n) is 11.8. The van der Waals surface area contributed by atoms with Crippen LogP contribution in [0.25, 0.3) is 0 Å². The lowest BCUT2D eigenvalue weighted by atomic mass is 9.78. The van der Waals surface area contributed by atoms with Gasteiger partial charge in [0.2, 0.25) is 0 Å². The zero-order chi connectivity index (χ0) is 51.3. The van der Waals surface area contributed by atoms with E-state index in [9.17, 15) is 28.8 Å². The van der Waals surface area contributed by atoms with Gasteiger partial charge in [-0.25, -0.2) is 28.8 Å². The minimum absolute atomic E-state index is 0.220. The van der Waals surface area contributed by atoms with Crippen molar-refractivity contribution in [1.29, 1.82) is 0 Å². The molecule has 0 atom stereocenters. The van der Waals surface area contributed by atoms with E-state index in [1.54, 1.807) is 43.9 Å². The van der Waals surface area contributed by atoms with Crippen LogP contribution in [0.2, 0.25) is 0 Å². The Bertz CT molecular complexity index is 2280. The van der Waals surface area contributed by atoms with Crippen LogP contribution >= 0.6 is 0 Å². The van der Waals surface area contributed by atoms with Crippen molar-refractivity contribution in [3.63, 3.8) is 0 Å². The lowest BCUT2D eigenvalue weighted by Gasteiger charge is -2.34. The molecule has 0 saturated carbocycles. The first-order valence-corrected chi connectivity index (χ1v) is 23.9. The number of nitrogens with one attached hydrogen (secondary N) is 4. The number of nitrogens with zero attached hydrogens (tertiary/aromatic N) is 4. The molecule has 8 amide bonds. The van der Waals surface area contributed by atoms with E-state index in [1.165, 1.54) is 0 Å². The van der Waals surface area contributed by atoms with Gasteiger partial charge in [0.1, 0.15) is 22.7 Å². The Balaban J connectivity index is 0.869. The monoisotopic (exact) mass is 977 g/mol. The number of benzene rings is 4. The first-order valence-electron chi connectivity index (χ1n) is 23.9. The molecular weight excluding hydrogens is 909 g/mol. The van der Waals surface area contributed by atoms with Crippen molar-refractivity contribution in [2.45, 2.75) is 98.2 Å². The van der Waals surface area contributed by atoms with Gasteiger partial charge in [0.25, 0.3) is 0 Å². The average molecular weight is 977 g/mol. The summed E-state index contributed by atoms with van der Waals surface area (Å²) in [6.45, 7) is 19.1. The molecule has 0 aromatic heterocycles. The molecule has 4 aromatic rings. The first-order chi connectivity index (χ1) is 33.6. The highest BCUT2D eigenvalue weighted by Crippen LogP contribution is 2.33. The van der Waals surface area contributed by atoms with E-state index < -0.39 is 41.0 Å². The van der Waals surface area contributed by atoms with Gasteiger partial charge >= 0.3 is 36.4 Å². The van der Waals surface area contributed by atoms with Gasteiger partial charge in [-0.3, -0.25) is 0 Å². The maximum atomic E-state index is 13.1. The van der Waals surface area contributed by atoms with Gasteiger partial charge in [0, 0.05) is 84.0 Å². The molecule has 0 bridgehead atoms. The molecule has 2 saturated heterocycles. The molecule has 2 heterocycles. The summed E-state index contributed by atoms with van der Waals surface area (Å²) < 4.78 is 22.0. The van der Waals surface area contributed by atoms with Crippen LogP contribution in [-0.4, -0.2) is 120 Å². The van der Waals surface area contributed by atoms with Crippen molar-refractivity contribution in [2.75, 3.05) is 52.4 Å². The smallest absolute Gasteiger partial charge is 0.415 e. The summed E-state index contributed by atoms with van der Waals surface area (Å²) in [5.74, 6) is 0.805. The Labute approximate surface area is 416 Å². The van der Waals surface area contributed by atoms with Crippen LogP contribution in [0, 0.1) is 0 Å². The summed E-state index contributed by atoms with van der Waals surface area (Å²) in [7, 11) is 0. The molecule has 0 radical (unpaired) electrons. The van der Waals surface area contributed by atoms with Gasteiger partial charge in [-0.05, 0) is 99.2 Å². The molecule has 0 spiro atoms. The number of ether oxygens (including phenoxy) is 4. The van der Waals surface area contributed by atoms with Crippen LogP contribution in [-0.2, 0) is 41.1 Å². The number of urea groups is 2. The minimum Gasteiger partial charge on any atom is -0.444 e. The topological polar surface area (TPSA) is 200 Å². The highest BCUT2D eigenvalue weighted by molar-refractivity contribution is 5.76. The number of hydrogen-bond donors (Lipinski definition) is 4. The number of amides is 8. The number of carbonyl (C=O) groups excluding carboxylic acids is 6. The Morgan fingerprint density at radius 3 is 0.944 bits per heavy atom. The second-order valence-electron chi connectivity index (χ2n) is 20.0. The molecule has 2 aliphatic rings. The van der Waals surface area contributed by atoms with Gasteiger partial charge in [-0.15, -0.1) is 0 Å². The van der Waals surface area contributed by atoms with E-state index in [2.05, 4.69) is 35.1 Å². The van der Waals surface area contributed by atoms with Gasteiger partial charge in [0.05, 0.1) is 0 Å². The van der Waals surface area contributed by atoms with Crippen molar-refractivity contribution in [3.05, 3.63) is 130 Å². The molecule has 18 nitrogen and oxygen atoms in total. The summed E-state index contributed by atoms with van der Waals surface area (Å²) in [6, 6.07) is 29.4. The van der Waals surface area contributed by atoms with Crippen molar-refractivity contribution >= 4 is 36.4 Å². The highest BCUT2D eigenvalue weighted by Gasteiger charge is 2.29. The number of hydrogen-bond acceptors (Lipinski definition) is 10. The maximum absolute atomic E-state index is 13.1. The van der Waals surface area contributed by atoms with Crippen molar-refractivity contribution in [2.24, 2.45) is 0 Å². The van der Waals surface area contributed by atoms with Gasteiger partial charge in [-0.2, -0.15) is 0 Å². The predicted molar refractivity (Wildman–Crippen MR) is 267 cm³/mol. The molecule has 0 unspecified atom stereocenters. The largest absolute Gasteiger partial charge is 0.444 e. The SMILES string of the molecule is CC(C)(C)OC(=O)NCc1ccc(CNC(=O)N2CCN(C(=O)Oc3ccc(C(C)(C)c4ccc(OC(=O)N5CCN(C(=O)NCc6ccc(CNC(=O)OC(C)(C)C)cc6)CC5)cc4)cc3)CC2)cc1. The summed E-state index contributed by atoms with van der Waals surface area (Å²) in [4.78, 5) is 82.4.